The Balaban J connectivity index is 1.91. The minimum Gasteiger partial charge on any atom is -0.383 e. The van der Waals surface area contributed by atoms with Gasteiger partial charge in [0.15, 0.2) is 0 Å². The molecular weight excluding hydrogens is 268 g/mol. The van der Waals surface area contributed by atoms with Crippen molar-refractivity contribution in [3.63, 3.8) is 0 Å². The fourth-order valence-electron chi connectivity index (χ4n) is 1.95. The van der Waals surface area contributed by atoms with Crippen molar-refractivity contribution in [3.05, 3.63) is 48.0 Å². The number of fused-ring (bicyclic) bond motifs is 1. The minimum atomic E-state index is -0.261. The number of hydrogen-bond donors (Lipinski definition) is 2. The number of hydrogen-bond acceptors (Lipinski definition) is 3. The first-order chi connectivity index (χ1) is 10.2. The summed E-state index contributed by atoms with van der Waals surface area (Å²) < 4.78 is 4.83. The van der Waals surface area contributed by atoms with Gasteiger partial charge < -0.3 is 15.4 Å². The second kappa shape index (κ2) is 7.40. The number of rotatable bonds is 6. The predicted molar refractivity (Wildman–Crippen MR) is 81.2 cm³/mol. The number of nitrogens with one attached hydrogen (secondary N) is 2. The predicted octanol–water partition coefficient (Wildman–Crippen LogP) is 1.33. The molecule has 0 aromatic heterocycles. The lowest BCUT2D eigenvalue weighted by molar-refractivity contribution is -0.120. The molecule has 0 spiro atoms. The van der Waals surface area contributed by atoms with E-state index in [0.717, 1.165) is 10.8 Å². The highest BCUT2D eigenvalue weighted by Crippen LogP contribution is 2.15. The second-order valence-corrected chi connectivity index (χ2v) is 4.59. The van der Waals surface area contributed by atoms with Crippen LogP contribution in [0.5, 0.6) is 0 Å². The van der Waals surface area contributed by atoms with Gasteiger partial charge in [0.2, 0.25) is 5.91 Å². The van der Waals surface area contributed by atoms with Crippen molar-refractivity contribution in [3.8, 4) is 0 Å². The molecule has 0 heterocycles. The van der Waals surface area contributed by atoms with Crippen LogP contribution in [0.25, 0.3) is 10.8 Å². The largest absolute Gasteiger partial charge is 0.383 e. The third-order valence-corrected chi connectivity index (χ3v) is 3.05. The molecule has 5 nitrogen and oxygen atoms in total. The van der Waals surface area contributed by atoms with Crippen LogP contribution in [0, 0.1) is 0 Å². The highest BCUT2D eigenvalue weighted by molar-refractivity contribution is 5.99. The molecule has 2 aromatic rings. The molecule has 0 saturated carbocycles. The zero-order valence-electron chi connectivity index (χ0n) is 11.9. The Morgan fingerprint density at radius 2 is 1.81 bits per heavy atom. The van der Waals surface area contributed by atoms with Crippen LogP contribution in [-0.2, 0) is 9.53 Å². The molecule has 0 fully saturated rings. The van der Waals surface area contributed by atoms with Crippen molar-refractivity contribution < 1.29 is 14.3 Å². The molecule has 0 aliphatic heterocycles. The van der Waals surface area contributed by atoms with Crippen LogP contribution in [0.4, 0.5) is 0 Å². The molecular formula is C16H18N2O3. The fourth-order valence-corrected chi connectivity index (χ4v) is 1.95. The van der Waals surface area contributed by atoms with Gasteiger partial charge in [0.05, 0.1) is 13.2 Å². The first kappa shape index (κ1) is 15.0. The van der Waals surface area contributed by atoms with Gasteiger partial charge in [0.1, 0.15) is 0 Å². The topological polar surface area (TPSA) is 67.4 Å². The van der Waals surface area contributed by atoms with Gasteiger partial charge in [-0.05, 0) is 22.9 Å². The molecule has 0 radical (unpaired) electrons. The van der Waals surface area contributed by atoms with Crippen molar-refractivity contribution in [2.24, 2.45) is 0 Å². The first-order valence-corrected chi connectivity index (χ1v) is 6.73. The highest BCUT2D eigenvalue weighted by Gasteiger charge is 2.08. The quantitative estimate of drug-likeness (QED) is 0.787. The van der Waals surface area contributed by atoms with E-state index >= 15 is 0 Å². The molecule has 2 N–H and O–H groups in total. The number of carbonyl (C=O) groups is 2. The van der Waals surface area contributed by atoms with Crippen LogP contribution in [-0.4, -0.2) is 38.6 Å². The van der Waals surface area contributed by atoms with E-state index < -0.39 is 0 Å². The number of carbonyl (C=O) groups excluding carboxylic acids is 2. The van der Waals surface area contributed by atoms with E-state index in [1.807, 2.05) is 36.4 Å². The summed E-state index contributed by atoms with van der Waals surface area (Å²) in [6, 6.07) is 13.3. The van der Waals surface area contributed by atoms with Crippen LogP contribution < -0.4 is 10.6 Å². The molecule has 0 aliphatic carbocycles. The zero-order valence-corrected chi connectivity index (χ0v) is 11.9. The lowest BCUT2D eigenvalue weighted by atomic mass is 10.1. The normalized spacial score (nSPS) is 10.3. The molecule has 21 heavy (non-hydrogen) atoms. The molecule has 0 saturated heterocycles. The van der Waals surface area contributed by atoms with Crippen molar-refractivity contribution in [1.82, 2.24) is 10.6 Å². The number of methoxy groups -OCH3 is 1. The van der Waals surface area contributed by atoms with Crippen LogP contribution >= 0.6 is 0 Å². The summed E-state index contributed by atoms with van der Waals surface area (Å²) in [5, 5.41) is 7.31. The van der Waals surface area contributed by atoms with Crippen molar-refractivity contribution in [2.75, 3.05) is 26.8 Å². The third kappa shape index (κ3) is 4.29. The Morgan fingerprint density at radius 3 is 2.57 bits per heavy atom. The summed E-state index contributed by atoms with van der Waals surface area (Å²) in [6.45, 7) is 0.834. The van der Waals surface area contributed by atoms with Gasteiger partial charge >= 0.3 is 0 Å². The maximum atomic E-state index is 12.0. The molecule has 0 bridgehead atoms. The first-order valence-electron chi connectivity index (χ1n) is 6.73. The van der Waals surface area contributed by atoms with Gasteiger partial charge in [-0.1, -0.05) is 30.3 Å². The fraction of sp³-hybridized carbons (Fsp3) is 0.250. The number of benzene rings is 2. The van der Waals surface area contributed by atoms with E-state index in [4.69, 9.17) is 4.74 Å². The van der Waals surface area contributed by atoms with Crippen LogP contribution in [0.15, 0.2) is 42.5 Å². The van der Waals surface area contributed by atoms with E-state index in [0.29, 0.717) is 18.7 Å². The zero-order chi connectivity index (χ0) is 15.1. The molecule has 2 aromatic carbocycles. The van der Waals surface area contributed by atoms with Crippen LogP contribution in [0.3, 0.4) is 0 Å². The molecule has 0 unspecified atom stereocenters. The Hall–Kier alpha value is -2.40. The Kier molecular flexibility index (Phi) is 5.29. The van der Waals surface area contributed by atoms with E-state index in [9.17, 15) is 9.59 Å². The molecule has 0 atom stereocenters. The van der Waals surface area contributed by atoms with Crippen LogP contribution in [0.1, 0.15) is 10.4 Å². The molecule has 110 valence electrons. The average molecular weight is 286 g/mol. The van der Waals surface area contributed by atoms with Gasteiger partial charge in [-0.2, -0.15) is 0 Å². The van der Waals surface area contributed by atoms with Crippen LogP contribution in [0.2, 0.25) is 0 Å². The standard InChI is InChI=1S/C16H18N2O3/c1-21-9-8-17-15(19)11-18-16(20)14-7-6-12-4-2-3-5-13(12)10-14/h2-7,10H,8-9,11H2,1H3,(H,17,19)(H,18,20). The lowest BCUT2D eigenvalue weighted by Crippen LogP contribution is -2.38. The Bertz CT molecular complexity index is 640. The van der Waals surface area contributed by atoms with E-state index in [-0.39, 0.29) is 18.4 Å². The van der Waals surface area contributed by atoms with E-state index in [1.54, 1.807) is 13.2 Å². The van der Waals surface area contributed by atoms with Gasteiger partial charge in [-0.3, -0.25) is 9.59 Å². The third-order valence-electron chi connectivity index (χ3n) is 3.05. The summed E-state index contributed by atoms with van der Waals surface area (Å²) in [5.74, 6) is -0.496. The molecule has 5 heteroatoms. The monoisotopic (exact) mass is 286 g/mol. The maximum absolute atomic E-state index is 12.0. The SMILES string of the molecule is COCCNC(=O)CNC(=O)c1ccc2ccccc2c1. The van der Waals surface area contributed by atoms with Crippen molar-refractivity contribution in [1.29, 1.82) is 0 Å². The van der Waals surface area contributed by atoms with Crippen molar-refractivity contribution >= 4 is 22.6 Å². The van der Waals surface area contributed by atoms with Gasteiger partial charge in [0.25, 0.3) is 5.91 Å². The van der Waals surface area contributed by atoms with E-state index in [2.05, 4.69) is 10.6 Å². The van der Waals surface area contributed by atoms with E-state index in [1.165, 1.54) is 0 Å². The maximum Gasteiger partial charge on any atom is 0.251 e. The molecule has 2 amide bonds. The summed E-state index contributed by atoms with van der Waals surface area (Å²) in [5.41, 5.74) is 0.540. The number of amides is 2. The summed E-state index contributed by atoms with van der Waals surface area (Å²) >= 11 is 0. The minimum absolute atomic E-state index is 0.0463. The van der Waals surface area contributed by atoms with Gasteiger partial charge in [-0.25, -0.2) is 0 Å². The van der Waals surface area contributed by atoms with Gasteiger partial charge in [0, 0.05) is 19.2 Å². The summed E-state index contributed by atoms with van der Waals surface area (Å²) in [7, 11) is 1.56. The summed E-state index contributed by atoms with van der Waals surface area (Å²) in [4.78, 5) is 23.5. The second-order valence-electron chi connectivity index (χ2n) is 4.59. The molecule has 0 aliphatic rings. The van der Waals surface area contributed by atoms with Gasteiger partial charge in [-0.15, -0.1) is 0 Å². The molecule has 2 rings (SSSR count). The highest BCUT2D eigenvalue weighted by atomic mass is 16.5. The number of ether oxygens (including phenoxy) is 1. The lowest BCUT2D eigenvalue weighted by Gasteiger charge is -2.07. The smallest absolute Gasteiger partial charge is 0.251 e. The Morgan fingerprint density at radius 1 is 1.05 bits per heavy atom. The average Bonchev–Trinajstić information content (AvgIpc) is 2.52. The Labute approximate surface area is 123 Å². The van der Waals surface area contributed by atoms with Crippen molar-refractivity contribution in [2.45, 2.75) is 0 Å². The summed E-state index contributed by atoms with van der Waals surface area (Å²) in [6.07, 6.45) is 0.